The first kappa shape index (κ1) is 7.98. The molecule has 1 radical (unpaired) electrons. The first-order valence-corrected chi connectivity index (χ1v) is 3.73. The second kappa shape index (κ2) is 3.32. The van der Waals surface area contributed by atoms with E-state index in [1.165, 1.54) is 0 Å². The molecule has 1 rings (SSSR count). The lowest BCUT2D eigenvalue weighted by Gasteiger charge is -2.30. The molecule has 2 unspecified atom stereocenters. The van der Waals surface area contributed by atoms with Gasteiger partial charge in [0.05, 0.1) is 12.1 Å². The van der Waals surface area contributed by atoms with Gasteiger partial charge in [-0.2, -0.15) is 0 Å². The molecule has 0 aromatic heterocycles. The van der Waals surface area contributed by atoms with Gasteiger partial charge >= 0.3 is 0 Å². The zero-order chi connectivity index (χ0) is 7.56. The average Bonchev–Trinajstić information content (AvgIpc) is 1.88. The Kier molecular flexibility index (Phi) is 2.65. The molecule has 3 nitrogen and oxygen atoms in total. The van der Waals surface area contributed by atoms with E-state index in [4.69, 9.17) is 0 Å². The molecule has 0 spiro atoms. The van der Waals surface area contributed by atoms with Crippen molar-refractivity contribution in [2.24, 2.45) is 0 Å². The molecule has 1 aliphatic rings. The van der Waals surface area contributed by atoms with E-state index < -0.39 is 0 Å². The monoisotopic (exact) mass is 143 g/mol. The van der Waals surface area contributed by atoms with E-state index in [0.29, 0.717) is 0 Å². The van der Waals surface area contributed by atoms with E-state index in [2.05, 4.69) is 17.3 Å². The number of hydrogen-bond donors (Lipinski definition) is 1. The fourth-order valence-corrected chi connectivity index (χ4v) is 1.17. The van der Waals surface area contributed by atoms with Gasteiger partial charge in [0, 0.05) is 19.6 Å². The van der Waals surface area contributed by atoms with Crippen molar-refractivity contribution in [3.8, 4) is 0 Å². The molecule has 0 aromatic rings. The number of nitrogens with zero attached hydrogens (tertiary/aromatic N) is 2. The Balaban J connectivity index is 2.32. The fourth-order valence-electron chi connectivity index (χ4n) is 1.17. The number of rotatable bonds is 1. The first-order chi connectivity index (χ1) is 4.70. The molecule has 2 atom stereocenters. The van der Waals surface area contributed by atoms with E-state index in [1.54, 1.807) is 6.92 Å². The predicted molar refractivity (Wildman–Crippen MR) is 40.0 cm³/mol. The Bertz CT molecular complexity index is 106. The average molecular weight is 143 g/mol. The largest absolute Gasteiger partial charge is 0.392 e. The van der Waals surface area contributed by atoms with Crippen LogP contribution in [0.2, 0.25) is 0 Å². The summed E-state index contributed by atoms with van der Waals surface area (Å²) in [5.41, 5.74) is 0. The van der Waals surface area contributed by atoms with Crippen LogP contribution in [0.5, 0.6) is 0 Å². The van der Waals surface area contributed by atoms with Gasteiger partial charge in [-0.15, -0.1) is 0 Å². The minimum atomic E-state index is -0.289. The van der Waals surface area contributed by atoms with Crippen molar-refractivity contribution in [1.29, 1.82) is 0 Å². The van der Waals surface area contributed by atoms with Crippen LogP contribution in [0.15, 0.2) is 0 Å². The molecule has 59 valence electrons. The van der Waals surface area contributed by atoms with E-state index >= 15 is 0 Å². The van der Waals surface area contributed by atoms with Gasteiger partial charge < -0.3 is 10.0 Å². The molecule has 1 saturated heterocycles. The normalized spacial score (nSPS) is 32.1. The molecule has 3 heteroatoms. The molecule has 0 aliphatic carbocycles. The van der Waals surface area contributed by atoms with Crippen LogP contribution >= 0.6 is 0 Å². The number of hydrogen-bond acceptors (Lipinski definition) is 2. The molecule has 0 saturated carbocycles. The molecule has 1 fully saturated rings. The maximum atomic E-state index is 9.17. The number of aliphatic hydroxyl groups is 1. The lowest BCUT2D eigenvalue weighted by molar-refractivity contribution is 0.0996. The van der Waals surface area contributed by atoms with Crippen molar-refractivity contribution in [1.82, 2.24) is 10.2 Å². The molecular weight excluding hydrogens is 128 g/mol. The molecule has 10 heavy (non-hydrogen) atoms. The van der Waals surface area contributed by atoms with E-state index in [1.807, 2.05) is 0 Å². The van der Waals surface area contributed by atoms with Crippen LogP contribution in [0.4, 0.5) is 0 Å². The number of aliphatic hydroxyl groups excluding tert-OH is 1. The maximum absolute atomic E-state index is 9.17. The Morgan fingerprint density at radius 1 is 1.70 bits per heavy atom. The third-order valence-corrected chi connectivity index (χ3v) is 1.90. The Hall–Kier alpha value is -0.120. The van der Waals surface area contributed by atoms with Crippen LogP contribution in [0.1, 0.15) is 6.92 Å². The van der Waals surface area contributed by atoms with Gasteiger partial charge in [0.25, 0.3) is 0 Å². The van der Waals surface area contributed by atoms with Crippen LogP contribution < -0.4 is 5.32 Å². The third kappa shape index (κ3) is 1.94. The molecule has 0 bridgehead atoms. The van der Waals surface area contributed by atoms with Crippen molar-refractivity contribution in [3.05, 3.63) is 0 Å². The lowest BCUT2D eigenvalue weighted by Crippen LogP contribution is -2.49. The molecule has 1 N–H and O–H groups in total. The minimum absolute atomic E-state index is 0.138. The summed E-state index contributed by atoms with van der Waals surface area (Å²) in [6.45, 7) is 4.60. The van der Waals surface area contributed by atoms with Crippen LogP contribution in [0.3, 0.4) is 0 Å². The second-order valence-electron chi connectivity index (χ2n) is 2.98. The molecule has 0 amide bonds. The van der Waals surface area contributed by atoms with Crippen LogP contribution in [-0.2, 0) is 0 Å². The van der Waals surface area contributed by atoms with Crippen LogP contribution in [-0.4, -0.2) is 48.8 Å². The standard InChI is InChI=1S/C7H15N2O/c1-6(10)7-5-9(2)4-3-8-7/h6-7,10H,3-5H2,1-2H3. The van der Waals surface area contributed by atoms with Gasteiger partial charge in [0.1, 0.15) is 0 Å². The zero-order valence-corrected chi connectivity index (χ0v) is 6.62. The molecule has 1 aliphatic heterocycles. The number of likely N-dealkylation sites (N-methyl/N-ethyl adjacent to an activating group) is 1. The first-order valence-electron chi connectivity index (χ1n) is 3.73. The van der Waals surface area contributed by atoms with Gasteiger partial charge in [-0.1, -0.05) is 0 Å². The van der Waals surface area contributed by atoms with E-state index in [-0.39, 0.29) is 12.1 Å². The predicted octanol–water partition coefficient (Wildman–Crippen LogP) is -0.714. The maximum Gasteiger partial charge on any atom is 0.0693 e. The SMILES string of the molecule is CC(O)C1CN(C)CC[N]1. The highest BCUT2D eigenvalue weighted by atomic mass is 16.3. The summed E-state index contributed by atoms with van der Waals surface area (Å²) in [5, 5.41) is 13.5. The Labute approximate surface area is 62.0 Å². The summed E-state index contributed by atoms with van der Waals surface area (Å²) in [6.07, 6.45) is -0.289. The highest BCUT2D eigenvalue weighted by molar-refractivity contribution is 4.79. The van der Waals surface area contributed by atoms with Crippen molar-refractivity contribution in [3.63, 3.8) is 0 Å². The summed E-state index contributed by atoms with van der Waals surface area (Å²) in [5.74, 6) is 0. The second-order valence-corrected chi connectivity index (χ2v) is 2.98. The van der Waals surface area contributed by atoms with Crippen LogP contribution in [0, 0.1) is 0 Å². The van der Waals surface area contributed by atoms with Crippen molar-refractivity contribution >= 4 is 0 Å². The van der Waals surface area contributed by atoms with Gasteiger partial charge in [-0.3, -0.25) is 0 Å². The minimum Gasteiger partial charge on any atom is -0.392 e. The summed E-state index contributed by atoms with van der Waals surface area (Å²) in [4.78, 5) is 2.20. The van der Waals surface area contributed by atoms with Gasteiger partial charge in [0.2, 0.25) is 0 Å². The summed E-state index contributed by atoms with van der Waals surface area (Å²) < 4.78 is 0. The van der Waals surface area contributed by atoms with Crippen molar-refractivity contribution in [2.75, 3.05) is 26.7 Å². The molecule has 0 aromatic carbocycles. The Morgan fingerprint density at radius 3 is 2.80 bits per heavy atom. The van der Waals surface area contributed by atoms with E-state index in [0.717, 1.165) is 19.6 Å². The van der Waals surface area contributed by atoms with Crippen molar-refractivity contribution in [2.45, 2.75) is 19.1 Å². The summed E-state index contributed by atoms with van der Waals surface area (Å²) >= 11 is 0. The summed E-state index contributed by atoms with van der Waals surface area (Å²) in [7, 11) is 2.06. The van der Waals surface area contributed by atoms with Gasteiger partial charge in [0.15, 0.2) is 0 Å². The highest BCUT2D eigenvalue weighted by Gasteiger charge is 2.21. The molecule has 1 heterocycles. The van der Waals surface area contributed by atoms with Crippen molar-refractivity contribution < 1.29 is 5.11 Å². The molecular formula is C7H15N2O. The van der Waals surface area contributed by atoms with Gasteiger partial charge in [-0.25, -0.2) is 5.32 Å². The van der Waals surface area contributed by atoms with Crippen LogP contribution in [0.25, 0.3) is 0 Å². The summed E-state index contributed by atoms with van der Waals surface area (Å²) in [6, 6.07) is 0.138. The smallest absolute Gasteiger partial charge is 0.0693 e. The Morgan fingerprint density at radius 2 is 2.40 bits per heavy atom. The highest BCUT2D eigenvalue weighted by Crippen LogP contribution is 2.01. The third-order valence-electron chi connectivity index (χ3n) is 1.90. The lowest BCUT2D eigenvalue weighted by atomic mass is 10.1. The quantitative estimate of drug-likeness (QED) is 0.526. The fraction of sp³-hybridized carbons (Fsp3) is 1.00. The number of piperazine rings is 1. The topological polar surface area (TPSA) is 37.6 Å². The van der Waals surface area contributed by atoms with Gasteiger partial charge in [-0.05, 0) is 14.0 Å². The van der Waals surface area contributed by atoms with E-state index in [9.17, 15) is 5.11 Å². The zero-order valence-electron chi connectivity index (χ0n) is 6.62.